The van der Waals surface area contributed by atoms with E-state index in [9.17, 15) is 0 Å². The van der Waals surface area contributed by atoms with Crippen molar-refractivity contribution in [1.29, 1.82) is 0 Å². The molecular formula is C13H20BrN7. The zero-order chi connectivity index (χ0) is 15.7. The van der Waals surface area contributed by atoms with Crippen LogP contribution in [-0.4, -0.2) is 19.6 Å². The minimum Gasteiger partial charge on any atom is -0.382 e. The second-order valence-corrected chi connectivity index (χ2v) is 5.89. The quantitative estimate of drug-likeness (QED) is 0.840. The third-order valence-corrected chi connectivity index (χ3v) is 4.08. The highest BCUT2D eigenvalue weighted by Gasteiger charge is 2.16. The normalized spacial score (nSPS) is 12.0. The van der Waals surface area contributed by atoms with Gasteiger partial charge in [-0.2, -0.15) is 10.2 Å². The number of aromatic nitrogens is 4. The van der Waals surface area contributed by atoms with E-state index >= 15 is 0 Å². The van der Waals surface area contributed by atoms with Crippen LogP contribution in [0.1, 0.15) is 38.2 Å². The van der Waals surface area contributed by atoms with Crippen molar-refractivity contribution in [1.82, 2.24) is 19.6 Å². The van der Waals surface area contributed by atoms with Gasteiger partial charge in [-0.1, -0.05) is 0 Å². The molecule has 0 spiro atoms. The highest BCUT2D eigenvalue weighted by molar-refractivity contribution is 9.10. The van der Waals surface area contributed by atoms with Gasteiger partial charge in [-0.15, -0.1) is 10.2 Å². The van der Waals surface area contributed by atoms with Crippen LogP contribution in [0.3, 0.4) is 0 Å². The second kappa shape index (κ2) is 5.97. The van der Waals surface area contributed by atoms with Gasteiger partial charge in [-0.25, -0.2) is 9.36 Å². The first kappa shape index (κ1) is 15.7. The average molecular weight is 354 g/mol. The molecule has 7 nitrogen and oxygen atoms in total. The lowest BCUT2D eigenvalue weighted by molar-refractivity contribution is 0.531. The van der Waals surface area contributed by atoms with E-state index in [1.54, 1.807) is 4.68 Å². The van der Waals surface area contributed by atoms with Crippen LogP contribution < -0.4 is 5.73 Å². The summed E-state index contributed by atoms with van der Waals surface area (Å²) in [5.41, 5.74) is 8.29. The monoisotopic (exact) mass is 353 g/mol. The second-order valence-electron chi connectivity index (χ2n) is 5.10. The highest BCUT2D eigenvalue weighted by atomic mass is 79.9. The maximum absolute atomic E-state index is 6.03. The molecule has 2 heterocycles. The van der Waals surface area contributed by atoms with Crippen LogP contribution in [0.25, 0.3) is 0 Å². The molecule has 0 bridgehead atoms. The zero-order valence-corrected chi connectivity index (χ0v) is 14.5. The van der Waals surface area contributed by atoms with E-state index in [0.717, 1.165) is 15.9 Å². The third kappa shape index (κ3) is 2.85. The number of nitrogens with two attached hydrogens (primary N) is 1. The van der Waals surface area contributed by atoms with Crippen LogP contribution in [-0.2, 0) is 6.54 Å². The third-order valence-electron chi connectivity index (χ3n) is 3.16. The van der Waals surface area contributed by atoms with Crippen molar-refractivity contribution in [2.45, 2.75) is 47.2 Å². The molecule has 0 amide bonds. The molecule has 0 aliphatic heterocycles. The predicted molar refractivity (Wildman–Crippen MR) is 86.3 cm³/mol. The largest absolute Gasteiger partial charge is 0.382 e. The molecule has 8 heteroatoms. The maximum Gasteiger partial charge on any atom is 0.187 e. The molecule has 2 aromatic heterocycles. The molecule has 0 aliphatic carbocycles. The summed E-state index contributed by atoms with van der Waals surface area (Å²) in [5, 5.41) is 17.4. The van der Waals surface area contributed by atoms with E-state index in [4.69, 9.17) is 5.73 Å². The van der Waals surface area contributed by atoms with Crippen LogP contribution in [0.5, 0.6) is 0 Å². The Bertz CT molecular complexity index is 681. The number of aryl methyl sites for hydroxylation is 3. The average Bonchev–Trinajstić information content (AvgIpc) is 2.87. The first-order valence-electron chi connectivity index (χ1n) is 6.86. The lowest BCUT2D eigenvalue weighted by atomic mass is 10.4. The maximum atomic E-state index is 6.03. The SMILES string of the molecule is CCn1nc(C)c(N=Nc2c(Br)c(C)nn2C(C)C)c1N. The van der Waals surface area contributed by atoms with Gasteiger partial charge in [0.1, 0.15) is 5.82 Å². The number of nitrogens with zero attached hydrogens (tertiary/aromatic N) is 6. The summed E-state index contributed by atoms with van der Waals surface area (Å²) >= 11 is 3.51. The molecule has 2 rings (SSSR count). The van der Waals surface area contributed by atoms with E-state index < -0.39 is 0 Å². The van der Waals surface area contributed by atoms with Gasteiger partial charge in [0, 0.05) is 12.6 Å². The lowest BCUT2D eigenvalue weighted by Crippen LogP contribution is -2.02. The van der Waals surface area contributed by atoms with Gasteiger partial charge in [-0.3, -0.25) is 0 Å². The van der Waals surface area contributed by atoms with Crippen LogP contribution in [0.2, 0.25) is 0 Å². The number of hydrogen-bond donors (Lipinski definition) is 1. The Morgan fingerprint density at radius 3 is 2.38 bits per heavy atom. The molecule has 0 saturated carbocycles. The minimum absolute atomic E-state index is 0.195. The Balaban J connectivity index is 2.45. The molecule has 0 fully saturated rings. The van der Waals surface area contributed by atoms with Crippen LogP contribution >= 0.6 is 15.9 Å². The topological polar surface area (TPSA) is 86.4 Å². The summed E-state index contributed by atoms with van der Waals surface area (Å²) in [7, 11) is 0. The van der Waals surface area contributed by atoms with Crippen molar-refractivity contribution in [2.24, 2.45) is 10.2 Å². The van der Waals surface area contributed by atoms with Crippen molar-refractivity contribution in [3.8, 4) is 0 Å². The Morgan fingerprint density at radius 2 is 1.86 bits per heavy atom. The molecule has 0 aromatic carbocycles. The number of anilines is 1. The molecular weight excluding hydrogens is 334 g/mol. The molecule has 0 atom stereocenters. The molecule has 2 aromatic rings. The number of hydrogen-bond acceptors (Lipinski definition) is 5. The molecule has 2 N–H and O–H groups in total. The summed E-state index contributed by atoms with van der Waals surface area (Å²) in [5.74, 6) is 1.22. The van der Waals surface area contributed by atoms with Crippen LogP contribution in [0, 0.1) is 13.8 Å². The summed E-state index contributed by atoms with van der Waals surface area (Å²) < 4.78 is 4.39. The molecule has 0 radical (unpaired) electrons. The number of rotatable bonds is 4. The fourth-order valence-corrected chi connectivity index (χ4v) is 2.36. The van der Waals surface area contributed by atoms with Crippen molar-refractivity contribution in [3.05, 3.63) is 15.9 Å². The highest BCUT2D eigenvalue weighted by Crippen LogP contribution is 2.34. The van der Waals surface area contributed by atoms with Crippen LogP contribution in [0.15, 0.2) is 14.7 Å². The Kier molecular flexibility index (Phi) is 4.46. The Hall–Kier alpha value is -1.70. The van der Waals surface area contributed by atoms with Crippen molar-refractivity contribution in [2.75, 3.05) is 5.73 Å². The number of azo groups is 1. The standard InChI is InChI=1S/C13H20BrN7/c1-6-20-12(15)11(9(5)18-20)16-17-13-10(14)8(4)19-21(13)7(2)3/h7H,6,15H2,1-5H3. The van der Waals surface area contributed by atoms with Gasteiger partial charge in [0.05, 0.1) is 15.9 Å². The van der Waals surface area contributed by atoms with Crippen molar-refractivity contribution in [3.63, 3.8) is 0 Å². The van der Waals surface area contributed by atoms with Crippen LogP contribution in [0.4, 0.5) is 17.3 Å². The van der Waals surface area contributed by atoms with Gasteiger partial charge in [0.25, 0.3) is 0 Å². The van der Waals surface area contributed by atoms with E-state index in [-0.39, 0.29) is 6.04 Å². The Labute approximate surface area is 132 Å². The zero-order valence-electron chi connectivity index (χ0n) is 12.9. The lowest BCUT2D eigenvalue weighted by Gasteiger charge is -2.06. The summed E-state index contributed by atoms with van der Waals surface area (Å²) in [4.78, 5) is 0. The van der Waals surface area contributed by atoms with Gasteiger partial charge in [0.2, 0.25) is 0 Å². The predicted octanol–water partition coefficient (Wildman–Crippen LogP) is 4.06. The number of nitrogen functional groups attached to an aromatic ring is 1. The van der Waals surface area contributed by atoms with Crippen molar-refractivity contribution < 1.29 is 0 Å². The van der Waals surface area contributed by atoms with Gasteiger partial charge < -0.3 is 5.73 Å². The fourth-order valence-electron chi connectivity index (χ4n) is 2.02. The summed E-state index contributed by atoms with van der Waals surface area (Å²) in [6.45, 7) is 10.6. The van der Waals surface area contributed by atoms with Gasteiger partial charge in [0.15, 0.2) is 11.5 Å². The van der Waals surface area contributed by atoms with E-state index in [2.05, 4.69) is 36.4 Å². The van der Waals surface area contributed by atoms with E-state index in [1.807, 2.05) is 39.3 Å². The molecule has 114 valence electrons. The van der Waals surface area contributed by atoms with E-state index in [1.165, 1.54) is 0 Å². The number of halogens is 1. The van der Waals surface area contributed by atoms with Gasteiger partial charge >= 0.3 is 0 Å². The smallest absolute Gasteiger partial charge is 0.187 e. The fraction of sp³-hybridized carbons (Fsp3) is 0.538. The molecule has 21 heavy (non-hydrogen) atoms. The van der Waals surface area contributed by atoms with E-state index in [0.29, 0.717) is 23.9 Å². The Morgan fingerprint density at radius 1 is 1.19 bits per heavy atom. The first-order valence-corrected chi connectivity index (χ1v) is 7.65. The first-order chi connectivity index (χ1) is 9.86. The summed E-state index contributed by atoms with van der Waals surface area (Å²) in [6.07, 6.45) is 0. The van der Waals surface area contributed by atoms with Gasteiger partial charge in [-0.05, 0) is 50.5 Å². The molecule has 0 unspecified atom stereocenters. The summed E-state index contributed by atoms with van der Waals surface area (Å²) in [6, 6.07) is 0.195. The minimum atomic E-state index is 0.195. The molecule has 0 aliphatic rings. The van der Waals surface area contributed by atoms with Crippen molar-refractivity contribution >= 4 is 33.3 Å². The molecule has 0 saturated heterocycles.